The molecule has 3 N–H and O–H groups in total. The fourth-order valence-electron chi connectivity index (χ4n) is 2.92. The van der Waals surface area contributed by atoms with E-state index in [1.165, 1.54) is 11.3 Å². The fourth-order valence-corrected chi connectivity index (χ4v) is 4.06. The summed E-state index contributed by atoms with van der Waals surface area (Å²) in [5.74, 6) is 1.33. The number of H-pyrrole nitrogens is 1. The van der Waals surface area contributed by atoms with Crippen molar-refractivity contribution in [1.82, 2.24) is 9.97 Å². The molecule has 0 fully saturated rings. The van der Waals surface area contributed by atoms with E-state index < -0.39 is 0 Å². The van der Waals surface area contributed by atoms with Crippen LogP contribution in [0.5, 0.6) is 0 Å². The van der Waals surface area contributed by atoms with Gasteiger partial charge in [0.05, 0.1) is 11.6 Å². The molecule has 0 aliphatic rings. The lowest BCUT2D eigenvalue weighted by Crippen LogP contribution is -2.83. The van der Waals surface area contributed by atoms with E-state index in [2.05, 4.69) is 22.2 Å². The predicted octanol–water partition coefficient (Wildman–Crippen LogP) is 3.72. The van der Waals surface area contributed by atoms with Gasteiger partial charge in [0.1, 0.15) is 23.2 Å². The van der Waals surface area contributed by atoms with Gasteiger partial charge in [0.25, 0.3) is 5.56 Å². The number of hydrogen-bond donors (Lipinski definition) is 2. The highest BCUT2D eigenvalue weighted by Crippen LogP contribution is 2.30. The average Bonchev–Trinajstić information content (AvgIpc) is 3.29. The largest absolute Gasteiger partial charge is 0.464 e. The van der Waals surface area contributed by atoms with Crippen LogP contribution in [0.2, 0.25) is 5.02 Å². The number of benzene rings is 1. The molecule has 0 saturated carbocycles. The summed E-state index contributed by atoms with van der Waals surface area (Å²) in [4.78, 5) is 20.8. The summed E-state index contributed by atoms with van der Waals surface area (Å²) in [6.45, 7) is 2.68. The maximum Gasteiger partial charge on any atom is 0.260 e. The maximum absolute atomic E-state index is 12.6. The van der Waals surface area contributed by atoms with Crippen molar-refractivity contribution in [1.29, 1.82) is 0 Å². The van der Waals surface area contributed by atoms with E-state index in [9.17, 15) is 4.79 Å². The van der Waals surface area contributed by atoms with Crippen LogP contribution in [0.1, 0.15) is 24.4 Å². The fraction of sp³-hybridized carbons (Fsp3) is 0.158. The second-order valence-corrected chi connectivity index (χ2v) is 7.40. The van der Waals surface area contributed by atoms with Crippen molar-refractivity contribution < 1.29 is 9.73 Å². The van der Waals surface area contributed by atoms with Gasteiger partial charge in [-0.05, 0) is 31.2 Å². The van der Waals surface area contributed by atoms with Crippen LogP contribution in [-0.2, 0) is 6.54 Å². The molecule has 5 nitrogen and oxygen atoms in total. The Morgan fingerprint density at radius 2 is 2.23 bits per heavy atom. The first-order valence-corrected chi connectivity index (χ1v) is 9.50. The predicted molar refractivity (Wildman–Crippen MR) is 103 cm³/mol. The molecule has 0 bridgehead atoms. The van der Waals surface area contributed by atoms with E-state index in [1.54, 1.807) is 12.3 Å². The Morgan fingerprint density at radius 3 is 3.00 bits per heavy atom. The van der Waals surface area contributed by atoms with E-state index in [-0.39, 0.29) is 11.6 Å². The molecule has 7 heteroatoms. The van der Waals surface area contributed by atoms with E-state index >= 15 is 0 Å². The number of nitrogens with zero attached hydrogens (tertiary/aromatic N) is 1. The molecule has 1 atom stereocenters. The normalized spacial score (nSPS) is 12.5. The number of hydrogen-bond acceptors (Lipinski definition) is 4. The third-order valence-corrected chi connectivity index (χ3v) is 5.43. The molecule has 0 aliphatic carbocycles. The van der Waals surface area contributed by atoms with Crippen molar-refractivity contribution in [3.8, 4) is 11.3 Å². The molecular weight excluding hydrogens is 370 g/mol. The molecule has 0 saturated heterocycles. The van der Waals surface area contributed by atoms with Crippen molar-refractivity contribution in [2.24, 2.45) is 0 Å². The first-order valence-electron chi connectivity index (χ1n) is 8.25. The zero-order chi connectivity index (χ0) is 18.1. The second kappa shape index (κ2) is 7.07. The second-order valence-electron chi connectivity index (χ2n) is 6.10. The van der Waals surface area contributed by atoms with Crippen molar-refractivity contribution >= 4 is 33.2 Å². The number of aromatic amines is 1. The number of rotatable bonds is 5. The van der Waals surface area contributed by atoms with Crippen molar-refractivity contribution in [2.45, 2.75) is 19.5 Å². The van der Waals surface area contributed by atoms with E-state index in [0.717, 1.165) is 21.0 Å². The van der Waals surface area contributed by atoms with Gasteiger partial charge in [-0.3, -0.25) is 4.79 Å². The van der Waals surface area contributed by atoms with Gasteiger partial charge in [0.15, 0.2) is 5.82 Å². The van der Waals surface area contributed by atoms with Gasteiger partial charge in [-0.2, -0.15) is 0 Å². The number of furan rings is 1. The first kappa shape index (κ1) is 17.0. The van der Waals surface area contributed by atoms with Gasteiger partial charge in [0.2, 0.25) is 0 Å². The van der Waals surface area contributed by atoms with Crippen LogP contribution in [0.3, 0.4) is 0 Å². The van der Waals surface area contributed by atoms with Gasteiger partial charge in [0, 0.05) is 21.5 Å². The van der Waals surface area contributed by atoms with Crippen molar-refractivity contribution in [2.75, 3.05) is 0 Å². The molecule has 3 aromatic heterocycles. The molecule has 0 radical (unpaired) electrons. The Balaban J connectivity index is 1.57. The first-order chi connectivity index (χ1) is 12.6. The molecule has 0 aliphatic heterocycles. The summed E-state index contributed by atoms with van der Waals surface area (Å²) in [6.07, 6.45) is 1.60. The minimum atomic E-state index is -0.138. The number of nitrogens with one attached hydrogen (secondary N) is 1. The molecule has 132 valence electrons. The topological polar surface area (TPSA) is 75.5 Å². The molecule has 4 aromatic rings. The smallest absolute Gasteiger partial charge is 0.260 e. The van der Waals surface area contributed by atoms with E-state index in [0.29, 0.717) is 23.5 Å². The van der Waals surface area contributed by atoms with Gasteiger partial charge in [-0.25, -0.2) is 4.98 Å². The Bertz CT molecular complexity index is 1100. The molecule has 0 spiro atoms. The molecule has 26 heavy (non-hydrogen) atoms. The SMILES string of the molecule is C[C@@H]([NH2+]Cc1nc2scc(-c3ccco3)c2c(=O)[nH]1)c1cccc(Cl)c1. The van der Waals surface area contributed by atoms with Crippen LogP contribution in [0.4, 0.5) is 0 Å². The van der Waals surface area contributed by atoms with Gasteiger partial charge in [-0.15, -0.1) is 11.3 Å². The summed E-state index contributed by atoms with van der Waals surface area (Å²) >= 11 is 7.51. The van der Waals surface area contributed by atoms with E-state index in [1.807, 2.05) is 35.7 Å². The minimum absolute atomic E-state index is 0.138. The summed E-state index contributed by atoms with van der Waals surface area (Å²) in [5.41, 5.74) is 1.78. The number of aromatic nitrogens is 2. The molecule has 0 amide bonds. The van der Waals surface area contributed by atoms with Crippen LogP contribution < -0.4 is 10.9 Å². The standard InChI is InChI=1S/C19H16ClN3O2S/c1-11(12-4-2-5-13(20)8-12)21-9-16-22-18(24)17-14(10-26-19(17)23-16)15-6-3-7-25-15/h2-8,10-11,21H,9H2,1H3,(H,22,23,24)/p+1/t11-/m1/s1. The third-order valence-electron chi connectivity index (χ3n) is 4.32. The summed E-state index contributed by atoms with van der Waals surface area (Å²) < 4.78 is 5.42. The molecule has 0 unspecified atom stereocenters. The molecular formula is C19H17ClN3O2S+. The van der Waals surface area contributed by atoms with Crippen LogP contribution in [0.15, 0.2) is 57.3 Å². The monoisotopic (exact) mass is 386 g/mol. The lowest BCUT2D eigenvalue weighted by atomic mass is 10.1. The summed E-state index contributed by atoms with van der Waals surface area (Å²) in [6, 6.07) is 11.7. The summed E-state index contributed by atoms with van der Waals surface area (Å²) in [5, 5.41) is 5.33. The zero-order valence-corrected chi connectivity index (χ0v) is 15.6. The molecule has 3 heterocycles. The highest BCUT2D eigenvalue weighted by molar-refractivity contribution is 7.17. The van der Waals surface area contributed by atoms with Crippen LogP contribution >= 0.6 is 22.9 Å². The Morgan fingerprint density at radius 1 is 1.35 bits per heavy atom. The van der Waals surface area contributed by atoms with Gasteiger partial charge in [-0.1, -0.05) is 23.7 Å². The van der Waals surface area contributed by atoms with Gasteiger partial charge < -0.3 is 14.7 Å². The highest BCUT2D eigenvalue weighted by atomic mass is 35.5. The number of thiophene rings is 1. The van der Waals surface area contributed by atoms with E-state index in [4.69, 9.17) is 16.0 Å². The number of halogens is 1. The van der Waals surface area contributed by atoms with Gasteiger partial charge >= 0.3 is 0 Å². The van der Waals surface area contributed by atoms with Crippen LogP contribution in [0, 0.1) is 0 Å². The van der Waals surface area contributed by atoms with Crippen molar-refractivity contribution in [3.05, 3.63) is 74.8 Å². The number of nitrogens with two attached hydrogens (primary N) is 1. The van der Waals surface area contributed by atoms with Crippen molar-refractivity contribution in [3.63, 3.8) is 0 Å². The average molecular weight is 387 g/mol. The lowest BCUT2D eigenvalue weighted by Gasteiger charge is -2.11. The molecule has 1 aromatic carbocycles. The maximum atomic E-state index is 12.6. The Hall–Kier alpha value is -2.41. The third kappa shape index (κ3) is 3.31. The quantitative estimate of drug-likeness (QED) is 0.548. The zero-order valence-electron chi connectivity index (χ0n) is 14.0. The molecule has 4 rings (SSSR count). The Labute approximate surface area is 158 Å². The van der Waals surface area contributed by atoms with Crippen LogP contribution in [0.25, 0.3) is 21.5 Å². The number of quaternary nitrogens is 1. The summed E-state index contributed by atoms with van der Waals surface area (Å²) in [7, 11) is 0. The highest BCUT2D eigenvalue weighted by Gasteiger charge is 2.16. The lowest BCUT2D eigenvalue weighted by molar-refractivity contribution is -0.708. The Kier molecular flexibility index (Phi) is 4.63. The number of fused-ring (bicyclic) bond motifs is 1. The van der Waals surface area contributed by atoms with Crippen LogP contribution in [-0.4, -0.2) is 9.97 Å². The minimum Gasteiger partial charge on any atom is -0.464 e.